The molecule has 0 saturated carbocycles. The summed E-state index contributed by atoms with van der Waals surface area (Å²) in [6, 6.07) is 29.3. The van der Waals surface area contributed by atoms with Crippen LogP contribution in [-0.2, 0) is 0 Å². The lowest BCUT2D eigenvalue weighted by molar-refractivity contribution is 0.101. The van der Waals surface area contributed by atoms with Crippen LogP contribution in [0.1, 0.15) is 63.0 Å². The van der Waals surface area contributed by atoms with Gasteiger partial charge in [-0.15, -0.1) is 0 Å². The van der Waals surface area contributed by atoms with Crippen molar-refractivity contribution in [3.8, 4) is 40.2 Å². The molecule has 62 heavy (non-hydrogen) atoms. The summed E-state index contributed by atoms with van der Waals surface area (Å²) in [5.74, 6) is 1.71. The zero-order chi connectivity index (χ0) is 45.7. The summed E-state index contributed by atoms with van der Waals surface area (Å²) in [7, 11) is 6.46. The Balaban J connectivity index is 0.000000205. The number of carbonyl (C=O) groups excluding carboxylic acids is 3. The Morgan fingerprint density at radius 2 is 1.06 bits per heavy atom. The Hall–Kier alpha value is -5.85. The molecule has 0 aliphatic carbocycles. The van der Waals surface area contributed by atoms with Gasteiger partial charge in [-0.1, -0.05) is 79.8 Å². The molecule has 3 atom stereocenters. The van der Waals surface area contributed by atoms with Gasteiger partial charge in [0, 0.05) is 38.7 Å². The van der Waals surface area contributed by atoms with Crippen LogP contribution < -0.4 is 50.8 Å². The first-order valence-corrected chi connectivity index (χ1v) is 22.0. The zero-order valence-corrected chi connectivity index (χ0v) is 38.9. The van der Waals surface area contributed by atoms with Crippen molar-refractivity contribution in [1.29, 1.82) is 0 Å². The predicted molar refractivity (Wildman–Crippen MR) is 252 cm³/mol. The number of Topliss-reactive ketones (excluding diaryl/α,β-unsaturated/α-hetero) is 3. The van der Waals surface area contributed by atoms with E-state index in [1.54, 1.807) is 63.4 Å². The Morgan fingerprint density at radius 3 is 1.68 bits per heavy atom. The number of carbonyl (C=O) groups is 3. The summed E-state index contributed by atoms with van der Waals surface area (Å²) in [6.07, 6.45) is 0. The molecule has 14 heteroatoms. The third kappa shape index (κ3) is 12.8. The van der Waals surface area contributed by atoms with Crippen LogP contribution >= 0.6 is 25.7 Å². The first kappa shape index (κ1) is 48.8. The van der Waals surface area contributed by atoms with Crippen LogP contribution in [0, 0.1) is 19.7 Å². The molecule has 0 bridgehead atoms. The Bertz CT molecular complexity index is 2560. The second-order valence-corrected chi connectivity index (χ2v) is 17.7. The second-order valence-electron chi connectivity index (χ2n) is 13.7. The normalized spacial score (nSPS) is 10.9. The van der Waals surface area contributed by atoms with Crippen LogP contribution in [0.5, 0.6) is 40.2 Å². The molecule has 0 aliphatic heterocycles. The highest BCUT2D eigenvalue weighted by Crippen LogP contribution is 2.34. The van der Waals surface area contributed by atoms with E-state index in [-0.39, 0.29) is 66.1 Å². The van der Waals surface area contributed by atoms with Gasteiger partial charge in [0.1, 0.15) is 23.1 Å². The third-order valence-corrected chi connectivity index (χ3v) is 13.6. The minimum Gasteiger partial charge on any atom is -0.507 e. The van der Waals surface area contributed by atoms with Gasteiger partial charge in [0.2, 0.25) is 0 Å². The summed E-state index contributed by atoms with van der Waals surface area (Å²) < 4.78 is 33.9. The van der Waals surface area contributed by atoms with Gasteiger partial charge in [-0.2, -0.15) is 0 Å². The predicted octanol–water partition coefficient (Wildman–Crippen LogP) is 7.46. The zero-order valence-electron chi connectivity index (χ0n) is 35.9. The van der Waals surface area contributed by atoms with E-state index in [1.165, 1.54) is 40.4 Å². The minimum atomic E-state index is -0.466. The fourth-order valence-corrected chi connectivity index (χ4v) is 9.93. The lowest BCUT2D eigenvalue weighted by atomic mass is 10.1. The molecule has 0 radical (unpaired) electrons. The Kier molecular flexibility index (Phi) is 18.0. The molecular weight excluding hydrogens is 848 g/mol. The molecule has 324 valence electrons. The van der Waals surface area contributed by atoms with Crippen LogP contribution in [0.2, 0.25) is 0 Å². The van der Waals surface area contributed by atoms with Crippen molar-refractivity contribution in [1.82, 2.24) is 0 Å². The van der Waals surface area contributed by atoms with E-state index in [9.17, 15) is 34.1 Å². The molecule has 0 fully saturated rings. The number of phenolic OH excluding ortho intramolecular Hbond substituents is 3. The second kappa shape index (κ2) is 22.8. The number of benzene rings is 6. The first-order chi connectivity index (χ1) is 29.5. The largest absolute Gasteiger partial charge is 0.507 e. The van der Waals surface area contributed by atoms with Crippen LogP contribution in [-0.4, -0.2) is 61.1 Å². The van der Waals surface area contributed by atoms with Gasteiger partial charge in [0.05, 0.1) is 28.4 Å². The molecule has 6 aromatic rings. The van der Waals surface area contributed by atoms with E-state index in [4.69, 9.17) is 18.9 Å². The Morgan fingerprint density at radius 1 is 0.500 bits per heavy atom. The number of hydrogen-bond donors (Lipinski definition) is 3. The van der Waals surface area contributed by atoms with E-state index >= 15 is 0 Å². The van der Waals surface area contributed by atoms with Crippen molar-refractivity contribution in [2.24, 2.45) is 0 Å². The molecule has 6 rings (SSSR count). The molecule has 0 heterocycles. The highest BCUT2D eigenvalue weighted by molar-refractivity contribution is 7.56. The van der Waals surface area contributed by atoms with Crippen LogP contribution in [0.4, 0.5) is 4.39 Å². The maximum atomic E-state index is 13.3. The molecule has 0 saturated heterocycles. The summed E-state index contributed by atoms with van der Waals surface area (Å²) >= 11 is 0. The van der Waals surface area contributed by atoms with E-state index in [2.05, 4.69) is 0 Å². The molecule has 0 aromatic heterocycles. The monoisotopic (exact) mass is 898 g/mol. The number of ketones is 3. The van der Waals surface area contributed by atoms with E-state index in [1.807, 2.05) is 62.4 Å². The average molecular weight is 899 g/mol. The van der Waals surface area contributed by atoms with Crippen LogP contribution in [0.25, 0.3) is 0 Å². The molecule has 10 nitrogen and oxygen atoms in total. The lowest BCUT2D eigenvalue weighted by Crippen LogP contribution is -2.15. The lowest BCUT2D eigenvalue weighted by Gasteiger charge is -2.13. The number of rotatable bonds is 13. The molecule has 0 amide bonds. The van der Waals surface area contributed by atoms with Gasteiger partial charge >= 0.3 is 0 Å². The first-order valence-electron chi connectivity index (χ1n) is 19.0. The van der Waals surface area contributed by atoms with Crippen molar-refractivity contribution in [3.05, 3.63) is 137 Å². The van der Waals surface area contributed by atoms with Gasteiger partial charge in [-0.05, 0) is 105 Å². The average Bonchev–Trinajstić information content (AvgIpc) is 3.25. The third-order valence-electron chi connectivity index (χ3n) is 9.29. The summed E-state index contributed by atoms with van der Waals surface area (Å²) in [4.78, 5) is 35.1. The van der Waals surface area contributed by atoms with E-state index in [0.29, 0.717) is 44.5 Å². The van der Waals surface area contributed by atoms with Crippen molar-refractivity contribution in [2.75, 3.05) is 28.4 Å². The summed E-state index contributed by atoms with van der Waals surface area (Å²) in [5, 5.41) is 35.0. The molecule has 0 spiro atoms. The van der Waals surface area contributed by atoms with Crippen LogP contribution in [0.3, 0.4) is 0 Å². The number of aromatic hydroxyl groups is 3. The molecular formula is C48H50FO10P3. The van der Waals surface area contributed by atoms with Crippen molar-refractivity contribution in [2.45, 2.75) is 34.6 Å². The quantitative estimate of drug-likeness (QED) is 0.0788. The van der Waals surface area contributed by atoms with Gasteiger partial charge in [-0.25, -0.2) is 4.39 Å². The number of phenols is 3. The highest BCUT2D eigenvalue weighted by atomic mass is 31.1. The van der Waals surface area contributed by atoms with Crippen LogP contribution in [0.15, 0.2) is 103 Å². The molecule has 0 aliphatic rings. The highest BCUT2D eigenvalue weighted by Gasteiger charge is 2.17. The maximum absolute atomic E-state index is 13.3. The molecule has 3 N–H and O–H groups in total. The fraction of sp³-hybridized carbons (Fsp3) is 0.188. The van der Waals surface area contributed by atoms with Gasteiger partial charge in [0.15, 0.2) is 40.3 Å². The molecule has 3 unspecified atom stereocenters. The topological polar surface area (TPSA) is 149 Å². The SMILES string of the molecule is COc1cc(OC)c(O)c(Pc2ccc(F)cc2C(C)=O)c1.COc1ccc(O)c(Pc2ccc(C)cc2C(C)=O)c1.COc1cccc(Pc2c(C)cccc2C(C)=O)c1O. The minimum absolute atomic E-state index is 0.0135. The number of aryl methyl sites for hydroxylation is 2. The number of ether oxygens (including phenoxy) is 4. The van der Waals surface area contributed by atoms with E-state index < -0.39 is 5.82 Å². The Labute approximate surface area is 366 Å². The smallest absolute Gasteiger partial charge is 0.165 e. The standard InChI is InChI=1S/C16H16FO4P.2C16H17O3P/c1-9(18)12-6-10(17)4-5-14(12)22-15-8-11(20-2)7-13(21-3)16(15)19;1-10-4-7-15(13(8-10)11(2)17)20-16-9-12(19-3)5-6-14(16)18;1-10-6-4-7-12(11(2)17)16(10)20-14-9-5-8-13(19-3)15(14)18/h4-8,19,22H,1-3H3;2*4-9,18,20H,1-3H3. The van der Waals surface area contributed by atoms with Gasteiger partial charge in [-0.3, -0.25) is 14.4 Å². The number of halogens is 1. The van der Waals surface area contributed by atoms with Crippen molar-refractivity contribution in [3.63, 3.8) is 0 Å². The number of methoxy groups -OCH3 is 4. The number of para-hydroxylation sites is 1. The number of hydrogen-bond acceptors (Lipinski definition) is 10. The summed E-state index contributed by atoms with van der Waals surface area (Å²) in [5.41, 5.74) is 3.84. The summed E-state index contributed by atoms with van der Waals surface area (Å²) in [6.45, 7) is 8.45. The van der Waals surface area contributed by atoms with E-state index in [0.717, 1.165) is 32.3 Å². The van der Waals surface area contributed by atoms with Crippen molar-refractivity contribution >= 4 is 74.9 Å². The molecule has 6 aromatic carbocycles. The maximum Gasteiger partial charge on any atom is 0.165 e. The van der Waals surface area contributed by atoms with Crippen molar-refractivity contribution < 1.29 is 53.0 Å². The fourth-order valence-electron chi connectivity index (χ4n) is 6.01. The van der Waals surface area contributed by atoms with Gasteiger partial charge in [0.25, 0.3) is 0 Å². The van der Waals surface area contributed by atoms with Gasteiger partial charge < -0.3 is 34.3 Å².